The summed E-state index contributed by atoms with van der Waals surface area (Å²) in [7, 11) is 0. The van der Waals surface area contributed by atoms with Crippen LogP contribution in [0.2, 0.25) is 0 Å². The third-order valence-corrected chi connectivity index (χ3v) is 4.01. The Morgan fingerprint density at radius 3 is 2.05 bits per heavy atom. The van der Waals surface area contributed by atoms with E-state index in [1.54, 1.807) is 0 Å². The molecule has 1 aromatic heterocycles. The number of hydrogen-bond acceptors (Lipinski definition) is 1. The van der Waals surface area contributed by atoms with E-state index in [1.807, 2.05) is 6.07 Å². The van der Waals surface area contributed by atoms with Crippen molar-refractivity contribution in [1.29, 1.82) is 0 Å². The Hall–Kier alpha value is -2.67. The molecule has 4 rings (SSSR count). The van der Waals surface area contributed by atoms with Gasteiger partial charge >= 0.3 is 0 Å². The number of rotatable bonds is 1. The average molecular weight is 269 g/mol. The molecule has 0 aliphatic heterocycles. The van der Waals surface area contributed by atoms with Crippen LogP contribution in [0.25, 0.3) is 32.9 Å². The second kappa shape index (κ2) is 4.71. The summed E-state index contributed by atoms with van der Waals surface area (Å²) in [6.07, 6.45) is 0. The van der Waals surface area contributed by atoms with Crippen LogP contribution in [0.5, 0.6) is 0 Å². The molecule has 0 aliphatic carbocycles. The molecule has 0 saturated heterocycles. The van der Waals surface area contributed by atoms with Crippen LogP contribution in [-0.4, -0.2) is 4.98 Å². The molecule has 0 saturated carbocycles. The molecule has 0 N–H and O–H groups in total. The molecule has 3 aromatic carbocycles. The molecule has 1 heterocycles. The summed E-state index contributed by atoms with van der Waals surface area (Å²) in [6, 6.07) is 25.3. The Kier molecular flexibility index (Phi) is 2.71. The van der Waals surface area contributed by atoms with Crippen molar-refractivity contribution in [2.24, 2.45) is 0 Å². The third kappa shape index (κ3) is 1.90. The highest BCUT2D eigenvalue weighted by Crippen LogP contribution is 2.33. The molecule has 4 aromatic rings. The van der Waals surface area contributed by atoms with Crippen molar-refractivity contribution in [3.05, 3.63) is 78.4 Å². The summed E-state index contributed by atoms with van der Waals surface area (Å²) in [4.78, 5) is 4.93. The van der Waals surface area contributed by atoms with Gasteiger partial charge in [-0.2, -0.15) is 0 Å². The van der Waals surface area contributed by atoms with Crippen molar-refractivity contribution < 1.29 is 0 Å². The second-order valence-electron chi connectivity index (χ2n) is 5.34. The van der Waals surface area contributed by atoms with E-state index < -0.39 is 0 Å². The molecule has 100 valence electrons. The molecular weight excluding hydrogens is 254 g/mol. The molecule has 0 bridgehead atoms. The lowest BCUT2D eigenvalue weighted by Crippen LogP contribution is -1.91. The van der Waals surface area contributed by atoms with Crippen LogP contribution in [0, 0.1) is 6.92 Å². The smallest absolute Gasteiger partial charge is 0.0790 e. The zero-order valence-electron chi connectivity index (χ0n) is 11.9. The molecule has 0 atom stereocenters. The van der Waals surface area contributed by atoms with Crippen LogP contribution >= 0.6 is 0 Å². The van der Waals surface area contributed by atoms with Gasteiger partial charge in [-0.3, -0.25) is 0 Å². The van der Waals surface area contributed by atoms with E-state index in [9.17, 15) is 0 Å². The van der Waals surface area contributed by atoms with Crippen molar-refractivity contribution in [2.45, 2.75) is 6.92 Å². The van der Waals surface area contributed by atoms with Crippen molar-refractivity contribution >= 4 is 21.7 Å². The first kappa shape index (κ1) is 12.1. The topological polar surface area (TPSA) is 12.9 Å². The highest BCUT2D eigenvalue weighted by atomic mass is 14.7. The number of hydrogen-bond donors (Lipinski definition) is 0. The Balaban J connectivity index is 2.20. The molecule has 0 aliphatic rings. The Labute approximate surface area is 123 Å². The Bertz CT molecular complexity index is 954. The summed E-state index contributed by atoms with van der Waals surface area (Å²) in [5.41, 5.74) is 4.58. The van der Waals surface area contributed by atoms with Gasteiger partial charge in [-0.1, -0.05) is 66.7 Å². The summed E-state index contributed by atoms with van der Waals surface area (Å²) >= 11 is 0. The van der Waals surface area contributed by atoms with Gasteiger partial charge in [0.05, 0.1) is 11.2 Å². The van der Waals surface area contributed by atoms with Crippen LogP contribution in [0.1, 0.15) is 5.56 Å². The highest BCUT2D eigenvalue weighted by Gasteiger charge is 2.10. The standard InChI is InChI=1S/C20H15N/c1-14-8-2-3-9-15(14)20-18-12-5-4-10-16(18)17-11-6-7-13-19(17)21-20/h2-13H,1H3. The van der Waals surface area contributed by atoms with Gasteiger partial charge in [0.1, 0.15) is 0 Å². The molecule has 1 heteroatoms. The maximum absolute atomic E-state index is 4.93. The zero-order chi connectivity index (χ0) is 14.2. The molecule has 21 heavy (non-hydrogen) atoms. The molecule has 0 fully saturated rings. The van der Waals surface area contributed by atoms with Crippen LogP contribution < -0.4 is 0 Å². The summed E-state index contributed by atoms with van der Waals surface area (Å²) in [5.74, 6) is 0. The van der Waals surface area contributed by atoms with E-state index in [1.165, 1.54) is 27.3 Å². The van der Waals surface area contributed by atoms with Gasteiger partial charge in [-0.25, -0.2) is 4.98 Å². The van der Waals surface area contributed by atoms with Crippen LogP contribution in [0.15, 0.2) is 72.8 Å². The second-order valence-corrected chi connectivity index (χ2v) is 5.34. The first-order chi connectivity index (χ1) is 10.3. The first-order valence-electron chi connectivity index (χ1n) is 7.18. The van der Waals surface area contributed by atoms with Gasteiger partial charge in [0.2, 0.25) is 0 Å². The summed E-state index contributed by atoms with van der Waals surface area (Å²) in [6.45, 7) is 2.14. The minimum atomic E-state index is 1.05. The van der Waals surface area contributed by atoms with E-state index in [0.717, 1.165) is 11.2 Å². The van der Waals surface area contributed by atoms with E-state index in [2.05, 4.69) is 73.7 Å². The van der Waals surface area contributed by atoms with Gasteiger partial charge < -0.3 is 0 Å². The number of para-hydroxylation sites is 1. The van der Waals surface area contributed by atoms with Gasteiger partial charge in [0.25, 0.3) is 0 Å². The largest absolute Gasteiger partial charge is 0.247 e. The molecule has 0 unspecified atom stereocenters. The Morgan fingerprint density at radius 2 is 1.24 bits per heavy atom. The van der Waals surface area contributed by atoms with E-state index >= 15 is 0 Å². The average Bonchev–Trinajstić information content (AvgIpc) is 2.55. The highest BCUT2D eigenvalue weighted by molar-refractivity contribution is 6.10. The monoisotopic (exact) mass is 269 g/mol. The number of benzene rings is 3. The molecule has 0 spiro atoms. The minimum absolute atomic E-state index is 1.05. The van der Waals surface area contributed by atoms with Crippen molar-refractivity contribution in [3.63, 3.8) is 0 Å². The molecule has 0 radical (unpaired) electrons. The van der Waals surface area contributed by atoms with Crippen LogP contribution in [0.4, 0.5) is 0 Å². The van der Waals surface area contributed by atoms with E-state index in [4.69, 9.17) is 4.98 Å². The van der Waals surface area contributed by atoms with E-state index in [0.29, 0.717) is 0 Å². The van der Waals surface area contributed by atoms with E-state index in [-0.39, 0.29) is 0 Å². The third-order valence-electron chi connectivity index (χ3n) is 4.01. The van der Waals surface area contributed by atoms with Gasteiger partial charge in [0, 0.05) is 16.3 Å². The number of aromatic nitrogens is 1. The molecule has 0 amide bonds. The first-order valence-corrected chi connectivity index (χ1v) is 7.18. The van der Waals surface area contributed by atoms with Crippen molar-refractivity contribution in [3.8, 4) is 11.3 Å². The summed E-state index contributed by atoms with van der Waals surface area (Å²) < 4.78 is 0. The fourth-order valence-corrected chi connectivity index (χ4v) is 2.95. The quantitative estimate of drug-likeness (QED) is 0.424. The SMILES string of the molecule is Cc1ccccc1-c1nc2ccccc2c2ccccc12. The lowest BCUT2D eigenvalue weighted by Gasteiger charge is -2.11. The lowest BCUT2D eigenvalue weighted by molar-refractivity contribution is 1.38. The zero-order valence-corrected chi connectivity index (χ0v) is 11.9. The fraction of sp³-hybridized carbons (Fsp3) is 0.0500. The predicted molar refractivity (Wildman–Crippen MR) is 89.4 cm³/mol. The normalized spacial score (nSPS) is 11.1. The molecular formula is C20H15N. The van der Waals surface area contributed by atoms with Crippen LogP contribution in [0.3, 0.4) is 0 Å². The van der Waals surface area contributed by atoms with Crippen LogP contribution in [-0.2, 0) is 0 Å². The maximum Gasteiger partial charge on any atom is 0.0790 e. The predicted octanol–water partition coefficient (Wildman–Crippen LogP) is 5.36. The fourth-order valence-electron chi connectivity index (χ4n) is 2.95. The number of aryl methyl sites for hydroxylation is 1. The maximum atomic E-state index is 4.93. The lowest BCUT2D eigenvalue weighted by atomic mass is 9.98. The Morgan fingerprint density at radius 1 is 0.619 bits per heavy atom. The summed E-state index contributed by atoms with van der Waals surface area (Å²) in [5, 5.41) is 3.69. The van der Waals surface area contributed by atoms with Crippen molar-refractivity contribution in [1.82, 2.24) is 4.98 Å². The number of fused-ring (bicyclic) bond motifs is 3. The van der Waals surface area contributed by atoms with Gasteiger partial charge in [-0.15, -0.1) is 0 Å². The molecule has 1 nitrogen and oxygen atoms in total. The minimum Gasteiger partial charge on any atom is -0.247 e. The number of pyridine rings is 1. The van der Waals surface area contributed by atoms with Gasteiger partial charge in [-0.05, 0) is 23.9 Å². The number of nitrogens with zero attached hydrogens (tertiary/aromatic N) is 1. The van der Waals surface area contributed by atoms with Crippen molar-refractivity contribution in [2.75, 3.05) is 0 Å². The van der Waals surface area contributed by atoms with Gasteiger partial charge in [0.15, 0.2) is 0 Å².